The van der Waals surface area contributed by atoms with Gasteiger partial charge in [0, 0.05) is 5.57 Å². The number of ether oxygens (including phenoxy) is 1. The third kappa shape index (κ3) is 4.17. The van der Waals surface area contributed by atoms with E-state index in [4.69, 9.17) is 4.74 Å². The maximum Gasteiger partial charge on any atom is 0.333 e. The number of rotatable bonds is 7. The molecule has 0 aliphatic rings. The van der Waals surface area contributed by atoms with Crippen LogP contribution < -0.4 is 0 Å². The molecule has 0 spiro atoms. The summed E-state index contributed by atoms with van der Waals surface area (Å²) in [5.74, 6) is -0.326. The quantitative estimate of drug-likeness (QED) is 0.365. The van der Waals surface area contributed by atoms with Gasteiger partial charge in [-0.3, -0.25) is 0 Å². The fourth-order valence-corrected chi connectivity index (χ4v) is 2.74. The van der Waals surface area contributed by atoms with Gasteiger partial charge in [0.25, 0.3) is 0 Å². The number of benzene rings is 2. The Hall–Kier alpha value is -2.95. The summed E-state index contributed by atoms with van der Waals surface area (Å²) in [6, 6.07) is 14.2. The molecule has 0 unspecified atom stereocenters. The highest BCUT2D eigenvalue weighted by molar-refractivity contribution is 5.86. The first kappa shape index (κ1) is 17.9. The number of nitrogens with zero attached hydrogens (tertiary/aromatic N) is 3. The van der Waals surface area contributed by atoms with Crippen LogP contribution in [0.2, 0.25) is 0 Å². The Bertz CT molecular complexity index is 910. The summed E-state index contributed by atoms with van der Waals surface area (Å²) in [7, 11) is 0. The Kier molecular flexibility index (Phi) is 5.46. The van der Waals surface area contributed by atoms with Gasteiger partial charge in [0.15, 0.2) is 0 Å². The van der Waals surface area contributed by atoms with Gasteiger partial charge in [-0.15, -0.1) is 10.2 Å². The Labute approximate surface area is 153 Å². The Morgan fingerprint density at radius 2 is 1.81 bits per heavy atom. The Morgan fingerprint density at radius 3 is 2.46 bits per heavy atom. The summed E-state index contributed by atoms with van der Waals surface area (Å²) in [5.41, 5.74) is 5.55. The summed E-state index contributed by atoms with van der Waals surface area (Å²) >= 11 is 0. The van der Waals surface area contributed by atoms with Gasteiger partial charge in [-0.1, -0.05) is 30.8 Å². The molecule has 3 rings (SSSR count). The molecule has 0 atom stereocenters. The highest BCUT2D eigenvalue weighted by Crippen LogP contribution is 2.19. The highest BCUT2D eigenvalue weighted by atomic mass is 16.5. The highest BCUT2D eigenvalue weighted by Gasteiger charge is 2.10. The third-order valence-corrected chi connectivity index (χ3v) is 4.16. The molecule has 0 aliphatic carbocycles. The average Bonchev–Trinajstić information content (AvgIpc) is 3.06. The molecule has 26 heavy (non-hydrogen) atoms. The molecule has 1 aromatic heterocycles. The van der Waals surface area contributed by atoms with E-state index in [1.807, 2.05) is 24.3 Å². The van der Waals surface area contributed by atoms with Crippen LogP contribution in [-0.2, 0) is 16.0 Å². The van der Waals surface area contributed by atoms with Crippen LogP contribution in [0.3, 0.4) is 0 Å². The summed E-state index contributed by atoms with van der Waals surface area (Å²) in [4.78, 5) is 13.1. The van der Waals surface area contributed by atoms with Crippen molar-refractivity contribution in [3.05, 3.63) is 65.7 Å². The minimum absolute atomic E-state index is 0.326. The molecule has 0 fully saturated rings. The number of hydrogen-bond donors (Lipinski definition) is 0. The maximum atomic E-state index is 11.4. The molecule has 0 amide bonds. The number of fused-ring (bicyclic) bond motifs is 1. The molecule has 134 valence electrons. The van der Waals surface area contributed by atoms with Crippen molar-refractivity contribution < 1.29 is 9.53 Å². The molecular weight excluding hydrogens is 326 g/mol. The van der Waals surface area contributed by atoms with Gasteiger partial charge >= 0.3 is 5.97 Å². The van der Waals surface area contributed by atoms with Crippen LogP contribution in [0.15, 0.2) is 54.6 Å². The SMILES string of the molecule is C=C(C)C(=O)OCCCCc1ccc(C)cc1-n1nc2ccccc2n1. The Morgan fingerprint density at radius 1 is 1.12 bits per heavy atom. The zero-order valence-corrected chi connectivity index (χ0v) is 15.2. The lowest BCUT2D eigenvalue weighted by molar-refractivity contribution is -0.139. The number of carbonyl (C=O) groups is 1. The summed E-state index contributed by atoms with van der Waals surface area (Å²) in [5, 5.41) is 9.20. The van der Waals surface area contributed by atoms with Crippen LogP contribution in [0.25, 0.3) is 16.7 Å². The fourth-order valence-electron chi connectivity index (χ4n) is 2.74. The van der Waals surface area contributed by atoms with Gasteiger partial charge in [-0.25, -0.2) is 4.79 Å². The molecule has 2 aromatic carbocycles. The Balaban J connectivity index is 1.70. The number of esters is 1. The van der Waals surface area contributed by atoms with E-state index in [0.717, 1.165) is 36.0 Å². The second-order valence-corrected chi connectivity index (χ2v) is 6.48. The molecule has 0 N–H and O–H groups in total. The van der Waals surface area contributed by atoms with Crippen molar-refractivity contribution in [1.82, 2.24) is 15.0 Å². The minimum atomic E-state index is -0.326. The molecular formula is C21H23N3O2. The second-order valence-electron chi connectivity index (χ2n) is 6.48. The third-order valence-electron chi connectivity index (χ3n) is 4.16. The van der Waals surface area contributed by atoms with Crippen molar-refractivity contribution in [2.75, 3.05) is 6.61 Å². The largest absolute Gasteiger partial charge is 0.462 e. The lowest BCUT2D eigenvalue weighted by atomic mass is 10.0. The average molecular weight is 349 g/mol. The first-order valence-corrected chi connectivity index (χ1v) is 8.79. The number of hydrogen-bond acceptors (Lipinski definition) is 4. The predicted octanol–water partition coefficient (Wildman–Crippen LogP) is 4.17. The number of unbranched alkanes of at least 4 members (excludes halogenated alkanes) is 1. The van der Waals surface area contributed by atoms with Crippen molar-refractivity contribution >= 4 is 17.0 Å². The van der Waals surface area contributed by atoms with Gasteiger partial charge in [-0.05, 0) is 62.4 Å². The van der Waals surface area contributed by atoms with Gasteiger partial charge in [0.2, 0.25) is 0 Å². The second kappa shape index (κ2) is 7.95. The number of aryl methyl sites for hydroxylation is 2. The van der Waals surface area contributed by atoms with E-state index >= 15 is 0 Å². The van der Waals surface area contributed by atoms with Crippen molar-refractivity contribution in [3.8, 4) is 5.69 Å². The standard InChI is InChI=1S/C21H23N3O2/c1-15(2)21(25)26-13-7-6-8-17-12-11-16(3)14-20(17)24-22-18-9-4-5-10-19(18)23-24/h4-5,9-12,14H,1,6-8,13H2,2-3H3. The van der Waals surface area contributed by atoms with Crippen LogP contribution in [0, 0.1) is 6.92 Å². The molecule has 5 nitrogen and oxygen atoms in total. The van der Waals surface area contributed by atoms with Gasteiger partial charge in [-0.2, -0.15) is 4.80 Å². The maximum absolute atomic E-state index is 11.4. The first-order valence-electron chi connectivity index (χ1n) is 8.79. The molecule has 0 saturated heterocycles. The van der Waals surface area contributed by atoms with Crippen LogP contribution in [0.5, 0.6) is 0 Å². The molecule has 0 radical (unpaired) electrons. The van der Waals surface area contributed by atoms with E-state index in [1.54, 1.807) is 11.7 Å². The van der Waals surface area contributed by atoms with E-state index in [0.29, 0.717) is 12.2 Å². The topological polar surface area (TPSA) is 57.0 Å². The zero-order valence-electron chi connectivity index (χ0n) is 15.2. The molecule has 0 saturated carbocycles. The molecule has 3 aromatic rings. The van der Waals surface area contributed by atoms with Crippen molar-refractivity contribution in [1.29, 1.82) is 0 Å². The summed E-state index contributed by atoms with van der Waals surface area (Å²) in [6.45, 7) is 7.71. The van der Waals surface area contributed by atoms with Crippen molar-refractivity contribution in [3.63, 3.8) is 0 Å². The van der Waals surface area contributed by atoms with Crippen molar-refractivity contribution in [2.45, 2.75) is 33.1 Å². The van der Waals surface area contributed by atoms with Crippen LogP contribution in [0.1, 0.15) is 30.9 Å². The molecule has 0 aliphatic heterocycles. The number of aromatic nitrogens is 3. The number of carbonyl (C=O) groups excluding carboxylic acids is 1. The molecule has 0 bridgehead atoms. The van der Waals surface area contributed by atoms with Crippen LogP contribution >= 0.6 is 0 Å². The van der Waals surface area contributed by atoms with Crippen LogP contribution in [0.4, 0.5) is 0 Å². The molecule has 5 heteroatoms. The van der Waals surface area contributed by atoms with E-state index in [2.05, 4.69) is 41.9 Å². The van der Waals surface area contributed by atoms with Gasteiger partial charge < -0.3 is 4.74 Å². The normalized spacial score (nSPS) is 10.8. The van der Waals surface area contributed by atoms with E-state index in [-0.39, 0.29) is 5.97 Å². The van der Waals surface area contributed by atoms with Crippen LogP contribution in [-0.4, -0.2) is 27.6 Å². The minimum Gasteiger partial charge on any atom is -0.462 e. The van der Waals surface area contributed by atoms with E-state index < -0.39 is 0 Å². The zero-order chi connectivity index (χ0) is 18.5. The first-order chi connectivity index (χ1) is 12.5. The fraction of sp³-hybridized carbons (Fsp3) is 0.286. The van der Waals surface area contributed by atoms with Gasteiger partial charge in [0.05, 0.1) is 12.3 Å². The smallest absolute Gasteiger partial charge is 0.333 e. The van der Waals surface area contributed by atoms with E-state index in [1.165, 1.54) is 11.1 Å². The monoisotopic (exact) mass is 349 g/mol. The van der Waals surface area contributed by atoms with E-state index in [9.17, 15) is 4.79 Å². The van der Waals surface area contributed by atoms with Crippen molar-refractivity contribution in [2.24, 2.45) is 0 Å². The predicted molar refractivity (Wildman–Crippen MR) is 102 cm³/mol. The van der Waals surface area contributed by atoms with Gasteiger partial charge in [0.1, 0.15) is 11.0 Å². The summed E-state index contributed by atoms with van der Waals surface area (Å²) < 4.78 is 5.15. The lowest BCUT2D eigenvalue weighted by Crippen LogP contribution is -2.07. The summed E-state index contributed by atoms with van der Waals surface area (Å²) in [6.07, 6.45) is 2.60. The molecule has 1 heterocycles. The lowest BCUT2D eigenvalue weighted by Gasteiger charge is -2.10.